The summed E-state index contributed by atoms with van der Waals surface area (Å²) >= 11 is 0. The SMILES string of the molecule is COCCNC(=O)C(=O)N/N=C\c1cccc([N+](=O)[O-])c1. The molecule has 9 heteroatoms. The van der Waals surface area contributed by atoms with Crippen LogP contribution in [0.15, 0.2) is 29.4 Å². The Bertz CT molecular complexity index is 558. The number of amides is 2. The number of hydrazone groups is 1. The number of nitro groups is 1. The molecule has 0 bridgehead atoms. The van der Waals surface area contributed by atoms with E-state index in [0.717, 1.165) is 0 Å². The molecule has 9 nitrogen and oxygen atoms in total. The number of non-ortho nitro benzene ring substituents is 1. The summed E-state index contributed by atoms with van der Waals surface area (Å²) in [6.07, 6.45) is 1.20. The molecule has 0 aliphatic carbocycles. The van der Waals surface area contributed by atoms with Crippen molar-refractivity contribution >= 4 is 23.7 Å². The largest absolute Gasteiger partial charge is 0.383 e. The van der Waals surface area contributed by atoms with Gasteiger partial charge in [0.25, 0.3) is 5.69 Å². The number of carbonyl (C=O) groups excluding carboxylic acids is 2. The Labute approximate surface area is 120 Å². The van der Waals surface area contributed by atoms with Gasteiger partial charge >= 0.3 is 11.8 Å². The Balaban J connectivity index is 2.50. The summed E-state index contributed by atoms with van der Waals surface area (Å²) in [4.78, 5) is 32.6. The number of methoxy groups -OCH3 is 1. The van der Waals surface area contributed by atoms with Gasteiger partial charge in [0.05, 0.1) is 17.7 Å². The molecule has 0 saturated carbocycles. The van der Waals surface area contributed by atoms with Crippen molar-refractivity contribution in [2.45, 2.75) is 0 Å². The Morgan fingerprint density at radius 1 is 1.43 bits per heavy atom. The molecular weight excluding hydrogens is 280 g/mol. The van der Waals surface area contributed by atoms with Gasteiger partial charge in [-0.15, -0.1) is 0 Å². The number of nitro benzene ring substituents is 1. The maximum absolute atomic E-state index is 11.3. The minimum Gasteiger partial charge on any atom is -0.383 e. The number of nitrogens with one attached hydrogen (secondary N) is 2. The van der Waals surface area contributed by atoms with Crippen LogP contribution in [0, 0.1) is 10.1 Å². The predicted molar refractivity (Wildman–Crippen MR) is 73.7 cm³/mol. The number of benzene rings is 1. The fourth-order valence-corrected chi connectivity index (χ4v) is 1.28. The molecule has 1 rings (SSSR count). The maximum Gasteiger partial charge on any atom is 0.329 e. The van der Waals surface area contributed by atoms with Crippen molar-refractivity contribution in [2.75, 3.05) is 20.3 Å². The molecule has 0 saturated heterocycles. The summed E-state index contributed by atoms with van der Waals surface area (Å²) in [6, 6.07) is 5.67. The van der Waals surface area contributed by atoms with Crippen LogP contribution >= 0.6 is 0 Å². The van der Waals surface area contributed by atoms with Gasteiger partial charge in [-0.2, -0.15) is 5.10 Å². The van der Waals surface area contributed by atoms with E-state index in [2.05, 4.69) is 10.4 Å². The highest BCUT2D eigenvalue weighted by Gasteiger charge is 2.11. The molecule has 0 aliphatic rings. The number of hydrogen-bond donors (Lipinski definition) is 2. The van der Waals surface area contributed by atoms with Crippen molar-refractivity contribution < 1.29 is 19.2 Å². The number of nitrogens with zero attached hydrogens (tertiary/aromatic N) is 2. The summed E-state index contributed by atoms with van der Waals surface area (Å²) < 4.78 is 4.71. The fraction of sp³-hybridized carbons (Fsp3) is 0.250. The molecule has 0 heterocycles. The van der Waals surface area contributed by atoms with Crippen molar-refractivity contribution in [3.63, 3.8) is 0 Å². The molecule has 21 heavy (non-hydrogen) atoms. The third-order valence-electron chi connectivity index (χ3n) is 2.26. The van der Waals surface area contributed by atoms with E-state index < -0.39 is 16.7 Å². The van der Waals surface area contributed by atoms with Crippen molar-refractivity contribution in [3.05, 3.63) is 39.9 Å². The third-order valence-corrected chi connectivity index (χ3v) is 2.26. The Morgan fingerprint density at radius 2 is 2.19 bits per heavy atom. The second-order valence-electron chi connectivity index (χ2n) is 3.80. The van der Waals surface area contributed by atoms with E-state index in [1.165, 1.54) is 31.5 Å². The molecule has 0 fully saturated rings. The van der Waals surface area contributed by atoms with E-state index in [1.807, 2.05) is 5.43 Å². The highest BCUT2D eigenvalue weighted by atomic mass is 16.6. The molecule has 0 unspecified atom stereocenters. The maximum atomic E-state index is 11.3. The van der Waals surface area contributed by atoms with Crippen LogP contribution in [0.4, 0.5) is 5.69 Å². The van der Waals surface area contributed by atoms with Gasteiger partial charge in [-0.1, -0.05) is 12.1 Å². The van der Waals surface area contributed by atoms with Crippen molar-refractivity contribution in [1.82, 2.24) is 10.7 Å². The highest BCUT2D eigenvalue weighted by molar-refractivity contribution is 6.35. The lowest BCUT2D eigenvalue weighted by atomic mass is 10.2. The molecule has 0 spiro atoms. The zero-order chi connectivity index (χ0) is 15.7. The first-order valence-electron chi connectivity index (χ1n) is 5.89. The molecule has 1 aromatic carbocycles. The van der Waals surface area contributed by atoms with Crippen molar-refractivity contribution in [1.29, 1.82) is 0 Å². The normalized spacial score (nSPS) is 10.3. The van der Waals surface area contributed by atoms with Crippen LogP contribution in [0.5, 0.6) is 0 Å². The van der Waals surface area contributed by atoms with Crippen molar-refractivity contribution in [3.8, 4) is 0 Å². The van der Waals surface area contributed by atoms with Crippen molar-refractivity contribution in [2.24, 2.45) is 5.10 Å². The molecule has 1 aromatic rings. The van der Waals surface area contributed by atoms with Crippen LogP contribution in [0.3, 0.4) is 0 Å². The first-order chi connectivity index (χ1) is 10.0. The van der Waals surface area contributed by atoms with Crippen LogP contribution < -0.4 is 10.7 Å². The zero-order valence-electron chi connectivity index (χ0n) is 11.2. The van der Waals surface area contributed by atoms with Crippen LogP contribution in [0.1, 0.15) is 5.56 Å². The Kier molecular flexibility index (Phi) is 6.48. The number of ether oxygens (including phenoxy) is 1. The van der Waals surface area contributed by atoms with E-state index >= 15 is 0 Å². The first-order valence-corrected chi connectivity index (χ1v) is 5.89. The smallest absolute Gasteiger partial charge is 0.329 e. The van der Waals surface area contributed by atoms with Gasteiger partial charge < -0.3 is 10.1 Å². The second-order valence-corrected chi connectivity index (χ2v) is 3.80. The molecule has 0 aliphatic heterocycles. The number of carbonyl (C=O) groups is 2. The van der Waals surface area contributed by atoms with Crippen LogP contribution in [-0.4, -0.2) is 43.2 Å². The molecule has 0 aromatic heterocycles. The Morgan fingerprint density at radius 3 is 2.86 bits per heavy atom. The predicted octanol–water partition coefficient (Wildman–Crippen LogP) is -0.192. The average molecular weight is 294 g/mol. The van der Waals surface area contributed by atoms with E-state index in [4.69, 9.17) is 4.74 Å². The van der Waals surface area contributed by atoms with Gasteiger partial charge in [-0.25, -0.2) is 5.43 Å². The number of rotatable bonds is 6. The summed E-state index contributed by atoms with van der Waals surface area (Å²) in [5.74, 6) is -1.78. The minimum atomic E-state index is -0.937. The van der Waals surface area contributed by atoms with Gasteiger partial charge in [0, 0.05) is 31.4 Å². The first kappa shape index (κ1) is 16.2. The summed E-state index contributed by atoms with van der Waals surface area (Å²) in [5.41, 5.74) is 2.34. The topological polar surface area (TPSA) is 123 Å². The summed E-state index contributed by atoms with van der Waals surface area (Å²) in [5, 5.41) is 16.4. The molecule has 2 N–H and O–H groups in total. The summed E-state index contributed by atoms with van der Waals surface area (Å²) in [7, 11) is 1.47. The molecule has 0 radical (unpaired) electrons. The number of hydrogen-bond acceptors (Lipinski definition) is 6. The van der Waals surface area contributed by atoms with E-state index in [9.17, 15) is 19.7 Å². The molecule has 0 atom stereocenters. The van der Waals surface area contributed by atoms with Gasteiger partial charge in [0.1, 0.15) is 0 Å². The third kappa shape index (κ3) is 5.78. The fourth-order valence-electron chi connectivity index (χ4n) is 1.28. The van der Waals surface area contributed by atoms with Gasteiger partial charge in [-0.3, -0.25) is 19.7 Å². The lowest BCUT2D eigenvalue weighted by Gasteiger charge is -2.02. The minimum absolute atomic E-state index is 0.0948. The van der Waals surface area contributed by atoms with Gasteiger partial charge in [-0.05, 0) is 0 Å². The second kappa shape index (κ2) is 8.38. The monoisotopic (exact) mass is 294 g/mol. The molecule has 2 amide bonds. The van der Waals surface area contributed by atoms with Crippen LogP contribution in [0.2, 0.25) is 0 Å². The standard InChI is InChI=1S/C12H14N4O5/c1-21-6-5-13-11(17)12(18)15-14-8-9-3-2-4-10(7-9)16(19)20/h2-4,7-8H,5-6H2,1H3,(H,13,17)(H,15,18)/b14-8-. The van der Waals surface area contributed by atoms with Crippen LogP contribution in [-0.2, 0) is 14.3 Å². The van der Waals surface area contributed by atoms with Gasteiger partial charge in [0.15, 0.2) is 0 Å². The molecule has 112 valence electrons. The van der Waals surface area contributed by atoms with Crippen LogP contribution in [0.25, 0.3) is 0 Å². The van der Waals surface area contributed by atoms with E-state index in [-0.39, 0.29) is 18.8 Å². The lowest BCUT2D eigenvalue weighted by Crippen LogP contribution is -2.39. The van der Waals surface area contributed by atoms with E-state index in [0.29, 0.717) is 5.56 Å². The van der Waals surface area contributed by atoms with E-state index in [1.54, 1.807) is 6.07 Å². The van der Waals surface area contributed by atoms with Gasteiger partial charge in [0.2, 0.25) is 0 Å². The quantitative estimate of drug-likeness (QED) is 0.247. The lowest BCUT2D eigenvalue weighted by molar-refractivity contribution is -0.384. The average Bonchev–Trinajstić information content (AvgIpc) is 2.47. The molecular formula is C12H14N4O5. The Hall–Kier alpha value is -2.81. The summed E-state index contributed by atoms with van der Waals surface area (Å²) in [6.45, 7) is 0.493. The zero-order valence-corrected chi connectivity index (χ0v) is 11.2. The highest BCUT2D eigenvalue weighted by Crippen LogP contribution is 2.11.